The van der Waals surface area contributed by atoms with Gasteiger partial charge in [0.05, 0.1) is 35.8 Å². The summed E-state index contributed by atoms with van der Waals surface area (Å²) >= 11 is 6.47. The Hall–Kier alpha value is -4.58. The van der Waals surface area contributed by atoms with Gasteiger partial charge in [0.2, 0.25) is 5.56 Å². The Morgan fingerprint density at radius 1 is 1.04 bits per heavy atom. The fourth-order valence-electron chi connectivity index (χ4n) is 6.46. The predicted molar refractivity (Wildman–Crippen MR) is 185 cm³/mol. The minimum Gasteiger partial charge on any atom is -0.506 e. The van der Waals surface area contributed by atoms with Gasteiger partial charge in [0.25, 0.3) is 0 Å². The van der Waals surface area contributed by atoms with Gasteiger partial charge in [-0.05, 0) is 60.6 Å². The fourth-order valence-corrected chi connectivity index (χ4v) is 6.71. The zero-order chi connectivity index (χ0) is 35.0. The van der Waals surface area contributed by atoms with Crippen molar-refractivity contribution in [3.8, 4) is 17.2 Å². The van der Waals surface area contributed by atoms with Crippen LogP contribution in [0.25, 0.3) is 10.9 Å². The lowest BCUT2D eigenvalue weighted by Crippen LogP contribution is -2.37. The number of benzene rings is 3. The van der Waals surface area contributed by atoms with Crippen LogP contribution in [0, 0.1) is 0 Å². The molecule has 12 heteroatoms. The van der Waals surface area contributed by atoms with Gasteiger partial charge >= 0.3 is 11.9 Å². The summed E-state index contributed by atoms with van der Waals surface area (Å²) in [5.41, 5.74) is 2.15. The third kappa shape index (κ3) is 8.54. The number of methoxy groups -OCH3 is 1. The Morgan fingerprint density at radius 2 is 1.84 bits per heavy atom. The number of carbonyl (C=O) groups excluding carboxylic acids is 1. The largest absolute Gasteiger partial charge is 0.506 e. The highest BCUT2D eigenvalue weighted by atomic mass is 35.5. The number of hydrogen-bond acceptors (Lipinski definition) is 9. The minimum atomic E-state index is -0.945. The van der Waals surface area contributed by atoms with E-state index in [1.165, 1.54) is 19.2 Å². The van der Waals surface area contributed by atoms with Gasteiger partial charge in [-0.2, -0.15) is 0 Å². The smallest absolute Gasteiger partial charge is 0.344 e. The van der Waals surface area contributed by atoms with Crippen molar-refractivity contribution in [3.05, 3.63) is 98.3 Å². The standard InChI is InChI=1S/C37H41ClN2O9/c1-47-31-19-32(28(38)18-24(31)20-39-21-30(42)26-10-12-29(41)35-27(26)11-13-33(43)40-35)49-22-34(44)48-16-6-8-23-7-5-9-25(17-23)37(36(45)46)14-3-2-4-15-37/h5,7,9-13,17-19,30,39,41-42H,2-4,6,8,14-16,20-22H2,1H3,(H,40,43)(H,45,46). The highest BCUT2D eigenvalue weighted by Crippen LogP contribution is 2.40. The number of esters is 1. The molecule has 3 aromatic carbocycles. The normalized spacial score (nSPS) is 14.7. The van der Waals surface area contributed by atoms with Crippen LogP contribution < -0.4 is 20.3 Å². The van der Waals surface area contributed by atoms with Crippen molar-refractivity contribution in [2.24, 2.45) is 0 Å². The van der Waals surface area contributed by atoms with Gasteiger partial charge in [0, 0.05) is 36.2 Å². The summed E-state index contributed by atoms with van der Waals surface area (Å²) < 4.78 is 16.5. The lowest BCUT2D eigenvalue weighted by molar-refractivity contribution is -0.146. The van der Waals surface area contributed by atoms with Crippen molar-refractivity contribution < 1.29 is 39.1 Å². The molecular weight excluding hydrogens is 652 g/mol. The molecule has 0 aliphatic heterocycles. The molecule has 0 spiro atoms. The summed E-state index contributed by atoms with van der Waals surface area (Å²) in [6.07, 6.45) is 4.44. The first kappa shape index (κ1) is 35.7. The summed E-state index contributed by atoms with van der Waals surface area (Å²) in [5, 5.41) is 34.9. The van der Waals surface area contributed by atoms with Crippen molar-refractivity contribution in [3.63, 3.8) is 0 Å². The molecule has 0 saturated heterocycles. The first-order valence-corrected chi connectivity index (χ1v) is 16.7. The number of pyridine rings is 1. The molecule has 0 radical (unpaired) electrons. The lowest BCUT2D eigenvalue weighted by Gasteiger charge is -2.34. The third-order valence-corrected chi connectivity index (χ3v) is 9.36. The van der Waals surface area contributed by atoms with E-state index in [-0.39, 0.29) is 53.9 Å². The van der Waals surface area contributed by atoms with Crippen LogP contribution in [0.4, 0.5) is 0 Å². The molecule has 1 aromatic heterocycles. The number of aromatic amines is 1. The molecule has 1 unspecified atom stereocenters. The van der Waals surface area contributed by atoms with Gasteiger partial charge in [-0.1, -0.05) is 61.2 Å². The number of fused-ring (bicyclic) bond motifs is 1. The second-order valence-electron chi connectivity index (χ2n) is 12.3. The van der Waals surface area contributed by atoms with Crippen LogP contribution in [-0.2, 0) is 32.7 Å². The van der Waals surface area contributed by atoms with Gasteiger partial charge in [0.15, 0.2) is 6.61 Å². The van der Waals surface area contributed by atoms with Gasteiger partial charge in [-0.25, -0.2) is 4.79 Å². The molecular formula is C37H41ClN2O9. The summed E-state index contributed by atoms with van der Waals surface area (Å²) in [6, 6.07) is 16.9. The van der Waals surface area contributed by atoms with E-state index in [0.717, 1.165) is 30.4 Å². The number of halogens is 1. The number of aryl methyl sites for hydroxylation is 1. The Labute approximate surface area is 288 Å². The van der Waals surface area contributed by atoms with Crippen LogP contribution in [0.2, 0.25) is 5.02 Å². The van der Waals surface area contributed by atoms with E-state index < -0.39 is 23.5 Å². The lowest BCUT2D eigenvalue weighted by atomic mass is 9.69. The zero-order valence-corrected chi connectivity index (χ0v) is 28.1. The monoisotopic (exact) mass is 692 g/mol. The number of rotatable bonds is 15. The van der Waals surface area contributed by atoms with Crippen molar-refractivity contribution in [1.29, 1.82) is 0 Å². The van der Waals surface area contributed by atoms with E-state index in [2.05, 4.69) is 10.3 Å². The molecule has 1 heterocycles. The molecule has 4 aromatic rings. The molecule has 0 bridgehead atoms. The molecule has 11 nitrogen and oxygen atoms in total. The predicted octanol–water partition coefficient (Wildman–Crippen LogP) is 5.56. The second kappa shape index (κ2) is 16.2. The van der Waals surface area contributed by atoms with Gasteiger partial charge in [-0.3, -0.25) is 9.59 Å². The molecule has 1 saturated carbocycles. The van der Waals surface area contributed by atoms with E-state index in [1.54, 1.807) is 24.3 Å². The Morgan fingerprint density at radius 3 is 2.59 bits per heavy atom. The molecule has 1 fully saturated rings. The number of ether oxygens (including phenoxy) is 3. The number of aliphatic hydroxyl groups is 1. The highest BCUT2D eigenvalue weighted by molar-refractivity contribution is 6.32. The van der Waals surface area contributed by atoms with Crippen molar-refractivity contribution >= 4 is 34.4 Å². The van der Waals surface area contributed by atoms with Gasteiger partial charge in [-0.15, -0.1) is 0 Å². The zero-order valence-electron chi connectivity index (χ0n) is 27.3. The van der Waals surface area contributed by atoms with Crippen LogP contribution in [0.3, 0.4) is 0 Å². The number of aromatic nitrogens is 1. The number of aliphatic hydroxyl groups excluding tert-OH is 1. The van der Waals surface area contributed by atoms with E-state index in [4.69, 9.17) is 25.8 Å². The van der Waals surface area contributed by atoms with Crippen molar-refractivity contribution in [1.82, 2.24) is 10.3 Å². The number of phenolic OH excluding ortho intramolecular Hbond substituents is 1. The quantitative estimate of drug-likeness (QED) is 0.0786. The molecule has 5 N–H and O–H groups in total. The van der Waals surface area contributed by atoms with Crippen LogP contribution in [0.5, 0.6) is 17.2 Å². The highest BCUT2D eigenvalue weighted by Gasteiger charge is 2.41. The third-order valence-electron chi connectivity index (χ3n) is 9.07. The van der Waals surface area contributed by atoms with Crippen LogP contribution in [0.1, 0.15) is 66.9 Å². The second-order valence-corrected chi connectivity index (χ2v) is 12.7. The van der Waals surface area contributed by atoms with Crippen molar-refractivity contribution in [2.45, 2.75) is 63.0 Å². The SMILES string of the molecule is COc1cc(OCC(=O)OCCCc2cccc(C3(C(=O)O)CCCCC3)c2)c(Cl)cc1CNCC(O)c1ccc(O)c2[nH]c(=O)ccc12. The number of phenols is 1. The average Bonchev–Trinajstić information content (AvgIpc) is 3.10. The summed E-state index contributed by atoms with van der Waals surface area (Å²) in [7, 11) is 1.50. The number of carboxylic acids is 1. The number of nitrogens with one attached hydrogen (secondary N) is 2. The molecule has 1 atom stereocenters. The Balaban J connectivity index is 1.09. The maximum atomic E-state index is 12.4. The van der Waals surface area contributed by atoms with E-state index in [0.29, 0.717) is 47.9 Å². The molecule has 260 valence electrons. The summed E-state index contributed by atoms with van der Waals surface area (Å²) in [4.78, 5) is 38.9. The summed E-state index contributed by atoms with van der Waals surface area (Å²) in [5.74, 6) is -0.699. The maximum Gasteiger partial charge on any atom is 0.344 e. The van der Waals surface area contributed by atoms with Gasteiger partial charge < -0.3 is 39.8 Å². The molecule has 5 rings (SSSR count). The fraction of sp³-hybridized carbons (Fsp3) is 0.378. The molecule has 0 amide bonds. The number of hydrogen-bond donors (Lipinski definition) is 5. The first-order valence-electron chi connectivity index (χ1n) is 16.3. The van der Waals surface area contributed by atoms with Crippen LogP contribution in [-0.4, -0.2) is 59.1 Å². The van der Waals surface area contributed by atoms with Gasteiger partial charge in [0.1, 0.15) is 17.2 Å². The first-order chi connectivity index (χ1) is 23.6. The maximum absolute atomic E-state index is 12.4. The number of carbonyl (C=O) groups is 2. The topological polar surface area (TPSA) is 167 Å². The van der Waals surface area contributed by atoms with Crippen LogP contribution in [0.15, 0.2) is 65.5 Å². The number of H-pyrrole nitrogens is 1. The van der Waals surface area contributed by atoms with E-state index in [1.807, 2.05) is 24.3 Å². The van der Waals surface area contributed by atoms with Crippen LogP contribution >= 0.6 is 11.6 Å². The van der Waals surface area contributed by atoms with E-state index >= 15 is 0 Å². The molecule has 1 aliphatic rings. The van der Waals surface area contributed by atoms with E-state index in [9.17, 15) is 29.7 Å². The molecule has 49 heavy (non-hydrogen) atoms. The number of aromatic hydroxyl groups is 1. The Bertz CT molecular complexity index is 1850. The Kier molecular flexibility index (Phi) is 11.8. The minimum absolute atomic E-state index is 0.0871. The average molecular weight is 693 g/mol. The molecule has 1 aliphatic carbocycles. The number of carboxylic acid groups (broad SMARTS) is 1. The number of aliphatic carboxylic acids is 1. The van der Waals surface area contributed by atoms with Crippen molar-refractivity contribution in [2.75, 3.05) is 26.9 Å². The summed E-state index contributed by atoms with van der Waals surface area (Å²) in [6.45, 7) is 0.269.